The third-order valence-corrected chi connectivity index (χ3v) is 4.56. The molecule has 1 heterocycles. The Morgan fingerprint density at radius 2 is 1.96 bits per heavy atom. The fourth-order valence-electron chi connectivity index (χ4n) is 3.20. The molecule has 0 spiro atoms. The SMILES string of the molecule is COc1ccc(C)cc1CCCc1c(F)ccc2c(N)c(C(N)=O)nnc12. The van der Waals surface area contributed by atoms with Crippen molar-refractivity contribution in [2.45, 2.75) is 26.2 Å². The number of amides is 1. The van der Waals surface area contributed by atoms with E-state index in [1.54, 1.807) is 7.11 Å². The lowest BCUT2D eigenvalue weighted by Crippen LogP contribution is -2.17. The summed E-state index contributed by atoms with van der Waals surface area (Å²) in [6, 6.07) is 8.80. The zero-order valence-electron chi connectivity index (χ0n) is 15.3. The van der Waals surface area contributed by atoms with Crippen LogP contribution in [0.15, 0.2) is 30.3 Å². The number of aromatic nitrogens is 2. The molecular weight excluding hydrogens is 347 g/mol. The molecule has 0 bridgehead atoms. The molecule has 1 amide bonds. The predicted octanol–water partition coefficient (Wildman–Crippen LogP) is 2.94. The summed E-state index contributed by atoms with van der Waals surface area (Å²) < 4.78 is 19.8. The number of carbonyl (C=O) groups is 1. The topological polar surface area (TPSA) is 104 Å². The van der Waals surface area contributed by atoms with Crippen LogP contribution in [0.25, 0.3) is 10.9 Å². The minimum Gasteiger partial charge on any atom is -0.496 e. The second-order valence-electron chi connectivity index (χ2n) is 6.42. The van der Waals surface area contributed by atoms with E-state index < -0.39 is 5.91 Å². The van der Waals surface area contributed by atoms with Crippen LogP contribution in [-0.2, 0) is 12.8 Å². The van der Waals surface area contributed by atoms with Gasteiger partial charge < -0.3 is 16.2 Å². The van der Waals surface area contributed by atoms with Crippen molar-refractivity contribution >= 4 is 22.5 Å². The number of rotatable bonds is 6. The standard InChI is InChI=1S/C20H21FN4O2/c1-11-6-9-16(27-2)12(10-11)4-3-5-13-15(21)8-7-14-17(22)19(20(23)26)25-24-18(13)14/h6-10H,3-5H2,1-2H3,(H2,22,24)(H2,23,26). The molecule has 1 aromatic heterocycles. The van der Waals surface area contributed by atoms with Gasteiger partial charge in [-0.1, -0.05) is 17.7 Å². The molecule has 6 nitrogen and oxygen atoms in total. The van der Waals surface area contributed by atoms with Crippen molar-refractivity contribution in [1.82, 2.24) is 10.2 Å². The van der Waals surface area contributed by atoms with E-state index in [-0.39, 0.29) is 17.2 Å². The van der Waals surface area contributed by atoms with Crippen molar-refractivity contribution in [3.8, 4) is 5.75 Å². The van der Waals surface area contributed by atoms with Gasteiger partial charge in [-0.05, 0) is 49.9 Å². The van der Waals surface area contributed by atoms with Gasteiger partial charge in [-0.15, -0.1) is 10.2 Å². The molecule has 0 unspecified atom stereocenters. The van der Waals surface area contributed by atoms with E-state index in [4.69, 9.17) is 16.2 Å². The van der Waals surface area contributed by atoms with Crippen LogP contribution in [-0.4, -0.2) is 23.2 Å². The Balaban J connectivity index is 1.89. The molecule has 4 N–H and O–H groups in total. The molecule has 0 fully saturated rings. The predicted molar refractivity (Wildman–Crippen MR) is 102 cm³/mol. The Kier molecular flexibility index (Phi) is 5.21. The number of fused-ring (bicyclic) bond motifs is 1. The Labute approximate surface area is 156 Å². The number of nitrogen functional groups attached to an aromatic ring is 1. The second-order valence-corrected chi connectivity index (χ2v) is 6.42. The van der Waals surface area contributed by atoms with Crippen LogP contribution in [0, 0.1) is 12.7 Å². The summed E-state index contributed by atoms with van der Waals surface area (Å²) >= 11 is 0. The van der Waals surface area contributed by atoms with Crippen LogP contribution in [0.4, 0.5) is 10.1 Å². The van der Waals surface area contributed by atoms with Crippen molar-refractivity contribution in [3.05, 3.63) is 58.5 Å². The highest BCUT2D eigenvalue weighted by Gasteiger charge is 2.17. The minimum absolute atomic E-state index is 0.107. The average Bonchev–Trinajstić information content (AvgIpc) is 2.63. The number of hydrogen-bond acceptors (Lipinski definition) is 5. The number of carbonyl (C=O) groups excluding carboxylic acids is 1. The van der Waals surface area contributed by atoms with Crippen molar-refractivity contribution in [2.75, 3.05) is 12.8 Å². The molecule has 0 saturated heterocycles. The monoisotopic (exact) mass is 368 g/mol. The van der Waals surface area contributed by atoms with Crippen molar-refractivity contribution in [2.24, 2.45) is 5.73 Å². The van der Waals surface area contributed by atoms with Crippen LogP contribution in [0.2, 0.25) is 0 Å². The highest BCUT2D eigenvalue weighted by atomic mass is 19.1. The van der Waals surface area contributed by atoms with Crippen molar-refractivity contribution in [3.63, 3.8) is 0 Å². The first-order valence-corrected chi connectivity index (χ1v) is 8.59. The molecule has 2 aromatic carbocycles. The van der Waals surface area contributed by atoms with Gasteiger partial charge in [0.2, 0.25) is 0 Å². The molecule has 140 valence electrons. The van der Waals surface area contributed by atoms with Gasteiger partial charge in [-0.3, -0.25) is 4.79 Å². The van der Waals surface area contributed by atoms with Gasteiger partial charge in [0, 0.05) is 10.9 Å². The van der Waals surface area contributed by atoms with E-state index >= 15 is 0 Å². The van der Waals surface area contributed by atoms with E-state index in [9.17, 15) is 9.18 Å². The maximum atomic E-state index is 14.4. The van der Waals surface area contributed by atoms with E-state index in [0.29, 0.717) is 29.3 Å². The van der Waals surface area contributed by atoms with Gasteiger partial charge in [0.25, 0.3) is 5.91 Å². The fraction of sp³-hybridized carbons (Fsp3) is 0.250. The van der Waals surface area contributed by atoms with Gasteiger partial charge in [-0.2, -0.15) is 0 Å². The Hall–Kier alpha value is -3.22. The van der Waals surface area contributed by atoms with E-state index in [0.717, 1.165) is 23.3 Å². The van der Waals surface area contributed by atoms with Crippen LogP contribution < -0.4 is 16.2 Å². The second kappa shape index (κ2) is 7.57. The van der Waals surface area contributed by atoms with Crippen LogP contribution in [0.3, 0.4) is 0 Å². The minimum atomic E-state index is -0.765. The van der Waals surface area contributed by atoms with Crippen molar-refractivity contribution in [1.29, 1.82) is 0 Å². The summed E-state index contributed by atoms with van der Waals surface area (Å²) in [6.07, 6.45) is 1.86. The van der Waals surface area contributed by atoms with E-state index in [1.165, 1.54) is 12.1 Å². The number of methoxy groups -OCH3 is 1. The largest absolute Gasteiger partial charge is 0.496 e. The number of nitrogens with zero attached hydrogens (tertiary/aromatic N) is 2. The summed E-state index contributed by atoms with van der Waals surface area (Å²) in [5, 5.41) is 8.25. The quantitative estimate of drug-likeness (QED) is 0.696. The van der Waals surface area contributed by atoms with Gasteiger partial charge in [-0.25, -0.2) is 4.39 Å². The number of anilines is 1. The number of benzene rings is 2. The zero-order valence-corrected chi connectivity index (χ0v) is 15.3. The Morgan fingerprint density at radius 3 is 2.67 bits per heavy atom. The highest BCUT2D eigenvalue weighted by molar-refractivity contribution is 6.04. The number of nitrogens with two attached hydrogens (primary N) is 2. The summed E-state index contributed by atoms with van der Waals surface area (Å²) in [6.45, 7) is 2.02. The average molecular weight is 368 g/mol. The van der Waals surface area contributed by atoms with Crippen LogP contribution in [0.1, 0.15) is 33.6 Å². The molecule has 3 rings (SSSR count). The first kappa shape index (κ1) is 18.6. The number of hydrogen-bond donors (Lipinski definition) is 2. The summed E-state index contributed by atoms with van der Waals surface area (Å²) in [5.74, 6) is -0.326. The van der Waals surface area contributed by atoms with Crippen LogP contribution in [0.5, 0.6) is 5.75 Å². The maximum Gasteiger partial charge on any atom is 0.271 e. The first-order valence-electron chi connectivity index (χ1n) is 8.59. The Bertz CT molecular complexity index is 1020. The lowest BCUT2D eigenvalue weighted by Gasteiger charge is -2.12. The number of primary amides is 1. The van der Waals surface area contributed by atoms with E-state index in [2.05, 4.69) is 16.3 Å². The normalized spacial score (nSPS) is 10.9. The molecule has 0 aliphatic carbocycles. The number of halogens is 1. The molecule has 3 aromatic rings. The molecule has 0 aliphatic heterocycles. The maximum absolute atomic E-state index is 14.4. The summed E-state index contributed by atoms with van der Waals surface area (Å²) in [4.78, 5) is 11.4. The third kappa shape index (κ3) is 3.67. The van der Waals surface area contributed by atoms with Gasteiger partial charge in [0.15, 0.2) is 5.69 Å². The lowest BCUT2D eigenvalue weighted by atomic mass is 9.99. The molecule has 7 heteroatoms. The first-order chi connectivity index (χ1) is 12.9. The smallest absolute Gasteiger partial charge is 0.271 e. The molecule has 27 heavy (non-hydrogen) atoms. The Morgan fingerprint density at radius 1 is 1.19 bits per heavy atom. The zero-order chi connectivity index (χ0) is 19.6. The van der Waals surface area contributed by atoms with Crippen molar-refractivity contribution < 1.29 is 13.9 Å². The number of aryl methyl sites for hydroxylation is 3. The number of ether oxygens (including phenoxy) is 1. The third-order valence-electron chi connectivity index (χ3n) is 4.56. The lowest BCUT2D eigenvalue weighted by molar-refractivity contribution is 0.0996. The molecule has 0 radical (unpaired) electrons. The molecular formula is C20H21FN4O2. The van der Waals surface area contributed by atoms with Gasteiger partial charge in [0.1, 0.15) is 17.1 Å². The van der Waals surface area contributed by atoms with Gasteiger partial charge in [0.05, 0.1) is 12.8 Å². The summed E-state index contributed by atoms with van der Waals surface area (Å²) in [5.41, 5.74) is 14.2. The molecule has 0 aliphatic rings. The molecule has 0 atom stereocenters. The van der Waals surface area contributed by atoms with Crippen LogP contribution >= 0.6 is 0 Å². The fourth-order valence-corrected chi connectivity index (χ4v) is 3.20. The molecule has 0 saturated carbocycles. The van der Waals surface area contributed by atoms with E-state index in [1.807, 2.05) is 19.1 Å². The summed E-state index contributed by atoms with van der Waals surface area (Å²) in [7, 11) is 1.63. The highest BCUT2D eigenvalue weighted by Crippen LogP contribution is 2.28. The van der Waals surface area contributed by atoms with Gasteiger partial charge >= 0.3 is 0 Å².